The van der Waals surface area contributed by atoms with Crippen LogP contribution in [0, 0.1) is 11.8 Å². The van der Waals surface area contributed by atoms with E-state index in [-0.39, 0.29) is 23.8 Å². The van der Waals surface area contributed by atoms with Crippen molar-refractivity contribution in [2.45, 2.75) is 39.7 Å². The van der Waals surface area contributed by atoms with Gasteiger partial charge < -0.3 is 15.7 Å². The van der Waals surface area contributed by atoms with Crippen LogP contribution >= 0.6 is 0 Å². The van der Waals surface area contributed by atoms with E-state index in [2.05, 4.69) is 16.7 Å². The number of carboxylic acids is 1. The molecule has 1 fully saturated rings. The number of β-lactam (4-membered cyclic amide) rings is 1. The summed E-state index contributed by atoms with van der Waals surface area (Å²) in [6, 6.07) is 0.0533. The van der Waals surface area contributed by atoms with E-state index in [1.54, 1.807) is 6.92 Å². The summed E-state index contributed by atoms with van der Waals surface area (Å²) in [6.07, 6.45) is 3.52. The molecule has 0 aliphatic carbocycles. The molecule has 0 spiro atoms. The first-order valence-corrected chi connectivity index (χ1v) is 7.55. The lowest BCUT2D eigenvalue weighted by Crippen LogP contribution is -2.60. The molecule has 0 unspecified atom stereocenters. The van der Waals surface area contributed by atoms with E-state index in [0.29, 0.717) is 12.0 Å². The number of hydrogen-bond acceptors (Lipinski definition) is 3. The monoisotopic (exact) mass is 292 g/mol. The third-order valence-corrected chi connectivity index (χ3v) is 4.43. The highest BCUT2D eigenvalue weighted by atomic mass is 16.4. The van der Waals surface area contributed by atoms with Gasteiger partial charge in [-0.05, 0) is 43.4 Å². The van der Waals surface area contributed by atoms with Gasteiger partial charge in [0.25, 0.3) is 0 Å². The van der Waals surface area contributed by atoms with E-state index in [0.717, 1.165) is 30.7 Å². The van der Waals surface area contributed by atoms with Crippen LogP contribution in [0.5, 0.6) is 0 Å². The van der Waals surface area contributed by atoms with Gasteiger partial charge in [-0.1, -0.05) is 19.9 Å². The van der Waals surface area contributed by atoms with E-state index in [4.69, 9.17) is 0 Å². The summed E-state index contributed by atoms with van der Waals surface area (Å²) in [5.74, 6) is -0.529. The van der Waals surface area contributed by atoms with Crippen molar-refractivity contribution in [1.29, 1.82) is 0 Å². The zero-order valence-corrected chi connectivity index (χ0v) is 12.9. The van der Waals surface area contributed by atoms with Gasteiger partial charge in [-0.2, -0.15) is 0 Å². The quantitative estimate of drug-likeness (QED) is 0.529. The van der Waals surface area contributed by atoms with E-state index in [1.165, 1.54) is 0 Å². The molecule has 0 aromatic heterocycles. The van der Waals surface area contributed by atoms with Crippen LogP contribution in [0.1, 0.15) is 33.6 Å². The minimum absolute atomic E-state index is 0.0103. The van der Waals surface area contributed by atoms with Crippen LogP contribution in [0.4, 0.5) is 0 Å². The van der Waals surface area contributed by atoms with Crippen LogP contribution in [0.3, 0.4) is 0 Å². The summed E-state index contributed by atoms with van der Waals surface area (Å²) < 4.78 is 0. The van der Waals surface area contributed by atoms with E-state index < -0.39 is 5.97 Å². The zero-order valence-electron chi connectivity index (χ0n) is 12.9. The second-order valence-electron chi connectivity index (χ2n) is 6.18. The second-order valence-corrected chi connectivity index (χ2v) is 6.18. The summed E-state index contributed by atoms with van der Waals surface area (Å²) in [5, 5.41) is 15.5. The maximum Gasteiger partial charge on any atom is 0.331 e. The number of carbonyl (C=O) groups is 2. The van der Waals surface area contributed by atoms with Crippen LogP contribution in [0.2, 0.25) is 0 Å². The number of aliphatic carboxylic acids is 1. The molecule has 2 atom stereocenters. The Hall–Kier alpha value is -1.62. The van der Waals surface area contributed by atoms with Crippen molar-refractivity contribution >= 4 is 11.9 Å². The van der Waals surface area contributed by atoms with Gasteiger partial charge in [-0.15, -0.1) is 0 Å². The van der Waals surface area contributed by atoms with Crippen molar-refractivity contribution in [2.75, 3.05) is 13.1 Å². The minimum atomic E-state index is -0.879. The molecule has 5 nitrogen and oxygen atoms in total. The first-order chi connectivity index (χ1) is 9.91. The third-order valence-electron chi connectivity index (χ3n) is 4.43. The molecule has 2 aliphatic rings. The van der Waals surface area contributed by atoms with Crippen molar-refractivity contribution in [2.24, 2.45) is 11.8 Å². The smallest absolute Gasteiger partial charge is 0.331 e. The van der Waals surface area contributed by atoms with Gasteiger partial charge in [0.1, 0.15) is 0 Å². The fourth-order valence-electron chi connectivity index (χ4n) is 3.17. The Balaban J connectivity index is 2.22. The van der Waals surface area contributed by atoms with Crippen LogP contribution < -0.4 is 10.6 Å². The number of hydrogen-bond donors (Lipinski definition) is 3. The van der Waals surface area contributed by atoms with Crippen LogP contribution in [0.15, 0.2) is 22.8 Å². The van der Waals surface area contributed by atoms with Gasteiger partial charge in [0.2, 0.25) is 5.91 Å². The predicted molar refractivity (Wildman–Crippen MR) is 80.8 cm³/mol. The van der Waals surface area contributed by atoms with Gasteiger partial charge in [-0.25, -0.2) is 4.79 Å². The minimum Gasteiger partial charge on any atom is -0.478 e. The molecule has 2 heterocycles. The second kappa shape index (κ2) is 6.43. The third kappa shape index (κ3) is 3.35. The topological polar surface area (TPSA) is 78.4 Å². The van der Waals surface area contributed by atoms with E-state index in [9.17, 15) is 14.7 Å². The fourth-order valence-corrected chi connectivity index (χ4v) is 3.17. The Morgan fingerprint density at radius 2 is 2.19 bits per heavy atom. The molecular weight excluding hydrogens is 268 g/mol. The van der Waals surface area contributed by atoms with Gasteiger partial charge in [-0.3, -0.25) is 4.79 Å². The molecule has 0 saturated carbocycles. The summed E-state index contributed by atoms with van der Waals surface area (Å²) in [7, 11) is 0. The molecule has 2 aliphatic heterocycles. The first kappa shape index (κ1) is 15.8. The number of rotatable bonds is 5. The lowest BCUT2D eigenvalue weighted by atomic mass is 9.76. The number of nitrogens with one attached hydrogen (secondary N) is 2. The van der Waals surface area contributed by atoms with Crippen molar-refractivity contribution in [3.8, 4) is 0 Å². The van der Waals surface area contributed by atoms with Crippen LogP contribution in [0.25, 0.3) is 0 Å². The van der Waals surface area contributed by atoms with Gasteiger partial charge in [0, 0.05) is 18.2 Å². The average Bonchev–Trinajstić information content (AvgIpc) is 2.42. The van der Waals surface area contributed by atoms with Crippen molar-refractivity contribution in [1.82, 2.24) is 10.6 Å². The maximum atomic E-state index is 11.7. The molecule has 5 heteroatoms. The molecule has 0 aromatic carbocycles. The Morgan fingerprint density at radius 1 is 1.48 bits per heavy atom. The van der Waals surface area contributed by atoms with Gasteiger partial charge in [0.15, 0.2) is 0 Å². The molecule has 0 bridgehead atoms. The standard InChI is InChI=1S/C16H24N2O3/c1-9(2)14-13(18-15(14)19)8-12(10(3)16(20)21)11-4-6-17-7-5-11/h4,9,13-14,17H,5-8H2,1-3H3,(H,18,19)(H,20,21)/b12-10-/t13-,14-/m1/s1. The summed E-state index contributed by atoms with van der Waals surface area (Å²) in [6.45, 7) is 7.37. The van der Waals surface area contributed by atoms with Crippen molar-refractivity contribution in [3.63, 3.8) is 0 Å². The molecule has 0 aromatic rings. The summed E-state index contributed by atoms with van der Waals surface area (Å²) in [5.41, 5.74) is 2.39. The Kier molecular flexibility index (Phi) is 4.83. The van der Waals surface area contributed by atoms with E-state index >= 15 is 0 Å². The lowest BCUT2D eigenvalue weighted by molar-refractivity contribution is -0.137. The van der Waals surface area contributed by atoms with Crippen molar-refractivity contribution in [3.05, 3.63) is 22.8 Å². The van der Waals surface area contributed by atoms with E-state index in [1.807, 2.05) is 13.8 Å². The van der Waals surface area contributed by atoms with Crippen LogP contribution in [-0.4, -0.2) is 36.1 Å². The number of amides is 1. The summed E-state index contributed by atoms with van der Waals surface area (Å²) >= 11 is 0. The Morgan fingerprint density at radius 3 is 2.67 bits per heavy atom. The highest BCUT2D eigenvalue weighted by Gasteiger charge is 2.41. The molecule has 21 heavy (non-hydrogen) atoms. The largest absolute Gasteiger partial charge is 0.478 e. The predicted octanol–water partition coefficient (Wildman–Crippen LogP) is 1.47. The highest BCUT2D eigenvalue weighted by molar-refractivity contribution is 5.89. The molecular formula is C16H24N2O3. The zero-order chi connectivity index (χ0) is 15.6. The number of carboxylic acid groups (broad SMARTS) is 1. The Labute approximate surface area is 125 Å². The summed E-state index contributed by atoms with van der Waals surface area (Å²) in [4.78, 5) is 23.0. The Bertz CT molecular complexity index is 506. The first-order valence-electron chi connectivity index (χ1n) is 7.55. The lowest BCUT2D eigenvalue weighted by Gasteiger charge is -2.40. The normalized spacial score (nSPS) is 26.7. The molecule has 1 amide bonds. The SMILES string of the molecule is C/C(C(=O)O)=C(\C[C@H]1NC(=O)[C@@H]1C(C)C)C1=CCNCC1. The van der Waals surface area contributed by atoms with Gasteiger partial charge >= 0.3 is 5.97 Å². The van der Waals surface area contributed by atoms with Gasteiger partial charge in [0.05, 0.1) is 5.92 Å². The molecule has 116 valence electrons. The molecule has 2 rings (SSSR count). The maximum absolute atomic E-state index is 11.7. The fraction of sp³-hybridized carbons (Fsp3) is 0.625. The number of carbonyl (C=O) groups excluding carboxylic acids is 1. The van der Waals surface area contributed by atoms with Crippen molar-refractivity contribution < 1.29 is 14.7 Å². The molecule has 1 saturated heterocycles. The van der Waals surface area contributed by atoms with Crippen LogP contribution in [-0.2, 0) is 9.59 Å². The molecule has 3 N–H and O–H groups in total. The highest BCUT2D eigenvalue weighted by Crippen LogP contribution is 2.32. The molecule has 0 radical (unpaired) electrons. The average molecular weight is 292 g/mol.